The standard InChI is InChI=1S/C26H17BrN4O5/c1-2-11-35-24-19(27)12-16(13-21(24)31(33)34)15-28-30-25(23-14-17-7-3-6-10-22(17)36-23)29-20-9-5-4-8-18(20)26(30)32/h2-10,12-15H,1,11H2. The van der Waals surface area contributed by atoms with Crippen LogP contribution in [0.5, 0.6) is 5.75 Å². The third kappa shape index (κ3) is 4.29. The Hall–Kier alpha value is -4.57. The minimum Gasteiger partial charge on any atom is -0.482 e. The highest BCUT2D eigenvalue weighted by atomic mass is 79.9. The van der Waals surface area contributed by atoms with E-state index >= 15 is 0 Å². The molecule has 2 aromatic heterocycles. The molecule has 0 aliphatic heterocycles. The summed E-state index contributed by atoms with van der Waals surface area (Å²) in [6, 6.07) is 19.1. The van der Waals surface area contributed by atoms with Crippen LogP contribution in [0.1, 0.15) is 5.56 Å². The van der Waals surface area contributed by atoms with Gasteiger partial charge in [0.15, 0.2) is 5.76 Å². The van der Waals surface area contributed by atoms with Crippen molar-refractivity contribution >= 4 is 49.7 Å². The van der Waals surface area contributed by atoms with Crippen molar-refractivity contribution in [1.82, 2.24) is 9.66 Å². The third-order valence-corrected chi connectivity index (χ3v) is 5.90. The number of halogens is 1. The number of furan rings is 1. The first-order chi connectivity index (χ1) is 17.5. The monoisotopic (exact) mass is 544 g/mol. The molecule has 178 valence electrons. The number of fused-ring (bicyclic) bond motifs is 2. The number of nitrogens with zero attached hydrogens (tertiary/aromatic N) is 4. The normalized spacial score (nSPS) is 11.4. The summed E-state index contributed by atoms with van der Waals surface area (Å²) in [5.41, 5.74) is 0.836. The number of aromatic nitrogens is 2. The molecule has 2 heterocycles. The van der Waals surface area contributed by atoms with Gasteiger partial charge < -0.3 is 9.15 Å². The zero-order chi connectivity index (χ0) is 25.2. The van der Waals surface area contributed by atoms with Gasteiger partial charge in [-0.2, -0.15) is 9.78 Å². The van der Waals surface area contributed by atoms with Crippen LogP contribution in [0.4, 0.5) is 5.69 Å². The molecule has 5 rings (SSSR count). The van der Waals surface area contributed by atoms with Crippen molar-refractivity contribution in [3.63, 3.8) is 0 Å². The van der Waals surface area contributed by atoms with E-state index in [0.29, 0.717) is 32.3 Å². The van der Waals surface area contributed by atoms with Gasteiger partial charge in [0.2, 0.25) is 11.6 Å². The van der Waals surface area contributed by atoms with Gasteiger partial charge in [-0.1, -0.05) is 43.0 Å². The maximum atomic E-state index is 13.4. The number of nitro benzene ring substituents is 1. The SMILES string of the molecule is C=CCOc1c(Br)cc(C=Nn2c(-c3cc4ccccc4o3)nc3ccccc3c2=O)cc1[N+](=O)[O-]. The van der Waals surface area contributed by atoms with Gasteiger partial charge in [-0.15, -0.1) is 0 Å². The quantitative estimate of drug-likeness (QED) is 0.109. The molecule has 36 heavy (non-hydrogen) atoms. The molecule has 0 saturated heterocycles. The number of para-hydroxylation sites is 2. The van der Waals surface area contributed by atoms with Crippen molar-refractivity contribution in [2.75, 3.05) is 6.61 Å². The molecular weight excluding hydrogens is 528 g/mol. The maximum Gasteiger partial charge on any atom is 0.312 e. The van der Waals surface area contributed by atoms with Crippen LogP contribution in [0.3, 0.4) is 0 Å². The molecule has 0 N–H and O–H groups in total. The van der Waals surface area contributed by atoms with E-state index in [9.17, 15) is 14.9 Å². The lowest BCUT2D eigenvalue weighted by atomic mass is 10.2. The molecule has 0 saturated carbocycles. The number of nitro groups is 1. The molecule has 5 aromatic rings. The second-order valence-corrected chi connectivity index (χ2v) is 8.52. The van der Waals surface area contributed by atoms with E-state index in [1.807, 2.05) is 24.3 Å². The van der Waals surface area contributed by atoms with Crippen molar-refractivity contribution in [3.05, 3.63) is 110 Å². The van der Waals surface area contributed by atoms with Crippen LogP contribution in [0.15, 0.2) is 98.2 Å². The lowest BCUT2D eigenvalue weighted by Gasteiger charge is -2.09. The number of hydrogen-bond donors (Lipinski definition) is 0. The number of hydrogen-bond acceptors (Lipinski definition) is 7. The van der Waals surface area contributed by atoms with Gasteiger partial charge in [-0.25, -0.2) is 4.98 Å². The van der Waals surface area contributed by atoms with E-state index in [0.717, 1.165) is 10.1 Å². The van der Waals surface area contributed by atoms with Crippen molar-refractivity contribution in [1.29, 1.82) is 0 Å². The lowest BCUT2D eigenvalue weighted by molar-refractivity contribution is -0.385. The zero-order valence-electron chi connectivity index (χ0n) is 18.6. The van der Waals surface area contributed by atoms with Gasteiger partial charge in [-0.3, -0.25) is 14.9 Å². The fraction of sp³-hybridized carbons (Fsp3) is 0.0385. The predicted molar refractivity (Wildman–Crippen MR) is 141 cm³/mol. The average Bonchev–Trinajstić information content (AvgIpc) is 3.31. The van der Waals surface area contributed by atoms with Crippen LogP contribution in [0.25, 0.3) is 33.5 Å². The summed E-state index contributed by atoms with van der Waals surface area (Å²) < 4.78 is 12.9. The Labute approximate surface area is 212 Å². The Balaban J connectivity index is 1.67. The highest BCUT2D eigenvalue weighted by Crippen LogP contribution is 2.36. The molecular formula is C26H17BrN4O5. The summed E-state index contributed by atoms with van der Waals surface area (Å²) in [6.45, 7) is 3.66. The second kappa shape index (κ2) is 9.59. The highest BCUT2D eigenvalue weighted by Gasteiger charge is 2.20. The van der Waals surface area contributed by atoms with Crippen molar-refractivity contribution in [2.45, 2.75) is 0 Å². The van der Waals surface area contributed by atoms with Crippen LogP contribution in [0.2, 0.25) is 0 Å². The van der Waals surface area contributed by atoms with Crippen LogP contribution < -0.4 is 10.3 Å². The lowest BCUT2D eigenvalue weighted by Crippen LogP contribution is -2.20. The molecule has 0 radical (unpaired) electrons. The Morgan fingerprint density at radius 3 is 2.72 bits per heavy atom. The summed E-state index contributed by atoms with van der Waals surface area (Å²) in [6.07, 6.45) is 2.84. The average molecular weight is 545 g/mol. The fourth-order valence-electron chi connectivity index (χ4n) is 3.70. The molecule has 10 heteroatoms. The number of ether oxygens (including phenoxy) is 1. The molecule has 3 aromatic carbocycles. The highest BCUT2D eigenvalue weighted by molar-refractivity contribution is 9.10. The summed E-state index contributed by atoms with van der Waals surface area (Å²) in [4.78, 5) is 29.1. The third-order valence-electron chi connectivity index (χ3n) is 5.31. The van der Waals surface area contributed by atoms with Crippen LogP contribution in [-0.2, 0) is 0 Å². The first-order valence-corrected chi connectivity index (χ1v) is 11.5. The minimum atomic E-state index is -0.551. The summed E-state index contributed by atoms with van der Waals surface area (Å²) in [5, 5.41) is 17.2. The van der Waals surface area contributed by atoms with E-state index in [1.165, 1.54) is 18.4 Å². The predicted octanol–water partition coefficient (Wildman–Crippen LogP) is 5.93. The Bertz CT molecular complexity index is 1710. The van der Waals surface area contributed by atoms with E-state index in [4.69, 9.17) is 9.15 Å². The number of rotatable bonds is 7. The van der Waals surface area contributed by atoms with Crippen LogP contribution in [0, 0.1) is 10.1 Å². The molecule has 0 bridgehead atoms. The molecule has 0 fully saturated rings. The Kier molecular flexibility index (Phi) is 6.17. The Morgan fingerprint density at radius 1 is 1.17 bits per heavy atom. The summed E-state index contributed by atoms with van der Waals surface area (Å²) in [7, 11) is 0. The van der Waals surface area contributed by atoms with Gasteiger partial charge in [0, 0.05) is 17.0 Å². The van der Waals surface area contributed by atoms with E-state index in [2.05, 4.69) is 32.6 Å². The number of benzene rings is 3. The Morgan fingerprint density at radius 2 is 1.94 bits per heavy atom. The minimum absolute atomic E-state index is 0.0737. The van der Waals surface area contributed by atoms with E-state index in [1.54, 1.807) is 36.4 Å². The van der Waals surface area contributed by atoms with Gasteiger partial charge in [0.05, 0.1) is 26.5 Å². The zero-order valence-corrected chi connectivity index (χ0v) is 20.2. The van der Waals surface area contributed by atoms with Crippen molar-refractivity contribution in [3.8, 4) is 17.3 Å². The van der Waals surface area contributed by atoms with Crippen molar-refractivity contribution < 1.29 is 14.1 Å². The smallest absolute Gasteiger partial charge is 0.312 e. The second-order valence-electron chi connectivity index (χ2n) is 7.67. The van der Waals surface area contributed by atoms with E-state index in [-0.39, 0.29) is 23.9 Å². The van der Waals surface area contributed by atoms with Crippen LogP contribution >= 0.6 is 15.9 Å². The first-order valence-electron chi connectivity index (χ1n) is 10.7. The molecule has 0 amide bonds. The molecule has 0 unspecified atom stereocenters. The van der Waals surface area contributed by atoms with Gasteiger partial charge >= 0.3 is 5.69 Å². The van der Waals surface area contributed by atoms with Gasteiger partial charge in [-0.05, 0) is 46.3 Å². The van der Waals surface area contributed by atoms with Gasteiger partial charge in [0.25, 0.3) is 5.56 Å². The maximum absolute atomic E-state index is 13.4. The van der Waals surface area contributed by atoms with Crippen LogP contribution in [-0.4, -0.2) is 27.4 Å². The van der Waals surface area contributed by atoms with E-state index < -0.39 is 10.5 Å². The largest absolute Gasteiger partial charge is 0.482 e. The fourth-order valence-corrected chi connectivity index (χ4v) is 4.28. The molecule has 0 aliphatic carbocycles. The first kappa shape index (κ1) is 23.2. The molecule has 9 nitrogen and oxygen atoms in total. The van der Waals surface area contributed by atoms with Crippen molar-refractivity contribution in [2.24, 2.45) is 5.10 Å². The topological polar surface area (TPSA) is 113 Å². The summed E-state index contributed by atoms with van der Waals surface area (Å²) >= 11 is 3.32. The van der Waals surface area contributed by atoms with Gasteiger partial charge in [0.1, 0.15) is 12.2 Å². The molecule has 0 aliphatic rings. The summed E-state index contributed by atoms with van der Waals surface area (Å²) in [5.74, 6) is 0.631. The molecule has 0 spiro atoms. The molecule has 0 atom stereocenters.